The molecule has 3 N–H and O–H groups in total. The van der Waals surface area contributed by atoms with Crippen LogP contribution in [0.2, 0.25) is 5.02 Å². The Labute approximate surface area is 116 Å². The maximum Gasteiger partial charge on any atom is 0.123 e. The summed E-state index contributed by atoms with van der Waals surface area (Å²) in [6, 6.07) is 13.0. The predicted molar refractivity (Wildman–Crippen MR) is 74.6 cm³/mol. The van der Waals surface area contributed by atoms with Crippen LogP contribution in [0.5, 0.6) is 0 Å². The highest BCUT2D eigenvalue weighted by Crippen LogP contribution is 2.33. The lowest BCUT2D eigenvalue weighted by Crippen LogP contribution is -2.20. The third-order valence-electron chi connectivity index (χ3n) is 3.15. The van der Waals surface area contributed by atoms with E-state index in [1.165, 1.54) is 12.1 Å². The van der Waals surface area contributed by atoms with Crippen molar-refractivity contribution in [3.63, 3.8) is 0 Å². The Morgan fingerprint density at radius 3 is 2.32 bits per heavy atom. The molecule has 0 aromatic heterocycles. The van der Waals surface area contributed by atoms with E-state index in [0.717, 1.165) is 5.56 Å². The first-order chi connectivity index (χ1) is 9.13. The standard InChI is InChI=1S/C15H15ClFNO/c16-14-4-2-1-3-12(14)13(9-18)15(19)10-5-7-11(17)8-6-10/h1-8,13,15,19H,9,18H2. The molecule has 0 saturated carbocycles. The Balaban J connectivity index is 2.32. The van der Waals surface area contributed by atoms with Crippen LogP contribution in [0.4, 0.5) is 4.39 Å². The molecule has 0 radical (unpaired) electrons. The van der Waals surface area contributed by atoms with Crippen LogP contribution in [-0.2, 0) is 0 Å². The number of hydrogen-bond donors (Lipinski definition) is 2. The zero-order valence-electron chi connectivity index (χ0n) is 10.3. The van der Waals surface area contributed by atoms with Gasteiger partial charge in [-0.15, -0.1) is 0 Å². The third-order valence-corrected chi connectivity index (χ3v) is 3.50. The minimum Gasteiger partial charge on any atom is -0.388 e. The third kappa shape index (κ3) is 3.13. The van der Waals surface area contributed by atoms with Crippen molar-refractivity contribution < 1.29 is 9.50 Å². The molecule has 0 bridgehead atoms. The first-order valence-corrected chi connectivity index (χ1v) is 6.39. The first kappa shape index (κ1) is 14.0. The van der Waals surface area contributed by atoms with Gasteiger partial charge >= 0.3 is 0 Å². The number of benzene rings is 2. The van der Waals surface area contributed by atoms with Gasteiger partial charge in [0.15, 0.2) is 0 Å². The lowest BCUT2D eigenvalue weighted by Gasteiger charge is -2.23. The van der Waals surface area contributed by atoms with Crippen LogP contribution in [0.1, 0.15) is 23.1 Å². The van der Waals surface area contributed by atoms with E-state index in [0.29, 0.717) is 10.6 Å². The highest BCUT2D eigenvalue weighted by atomic mass is 35.5. The minimum absolute atomic E-state index is 0.252. The van der Waals surface area contributed by atoms with E-state index >= 15 is 0 Å². The number of nitrogens with two attached hydrogens (primary N) is 1. The fraction of sp³-hybridized carbons (Fsp3) is 0.200. The summed E-state index contributed by atoms with van der Waals surface area (Å²) in [6.07, 6.45) is -0.814. The molecular formula is C15H15ClFNO. The minimum atomic E-state index is -0.814. The maximum absolute atomic E-state index is 12.9. The first-order valence-electron chi connectivity index (χ1n) is 6.01. The quantitative estimate of drug-likeness (QED) is 0.902. The molecule has 0 aliphatic heterocycles. The molecule has 0 aliphatic rings. The Bertz CT molecular complexity index is 544. The topological polar surface area (TPSA) is 46.2 Å². The highest BCUT2D eigenvalue weighted by Gasteiger charge is 2.23. The molecule has 2 rings (SSSR count). The van der Waals surface area contributed by atoms with Gasteiger partial charge in [-0.2, -0.15) is 0 Å². The molecule has 0 heterocycles. The van der Waals surface area contributed by atoms with Gasteiger partial charge in [0.2, 0.25) is 0 Å². The van der Waals surface area contributed by atoms with Gasteiger partial charge in [-0.1, -0.05) is 41.9 Å². The smallest absolute Gasteiger partial charge is 0.123 e. The molecule has 0 fully saturated rings. The van der Waals surface area contributed by atoms with E-state index in [2.05, 4.69) is 0 Å². The molecule has 2 aromatic rings. The van der Waals surface area contributed by atoms with Crippen LogP contribution in [0.3, 0.4) is 0 Å². The molecule has 2 nitrogen and oxygen atoms in total. The largest absolute Gasteiger partial charge is 0.388 e. The lowest BCUT2D eigenvalue weighted by molar-refractivity contribution is 0.147. The van der Waals surface area contributed by atoms with Crippen molar-refractivity contribution in [3.8, 4) is 0 Å². The molecule has 0 spiro atoms. The molecule has 19 heavy (non-hydrogen) atoms. The Kier molecular flexibility index (Phi) is 4.53. The van der Waals surface area contributed by atoms with E-state index in [-0.39, 0.29) is 18.3 Å². The summed E-state index contributed by atoms with van der Waals surface area (Å²) in [5.74, 6) is -0.655. The SMILES string of the molecule is NCC(c1ccccc1Cl)C(O)c1ccc(F)cc1. The number of hydrogen-bond acceptors (Lipinski definition) is 2. The van der Waals surface area contributed by atoms with E-state index in [1.807, 2.05) is 18.2 Å². The summed E-state index contributed by atoms with van der Waals surface area (Å²) in [5.41, 5.74) is 7.17. The second kappa shape index (κ2) is 6.15. The van der Waals surface area contributed by atoms with Gasteiger partial charge in [0, 0.05) is 17.5 Å². The van der Waals surface area contributed by atoms with Crippen molar-refractivity contribution in [2.24, 2.45) is 5.73 Å². The van der Waals surface area contributed by atoms with Crippen molar-refractivity contribution in [1.29, 1.82) is 0 Å². The maximum atomic E-state index is 12.9. The molecule has 100 valence electrons. The van der Waals surface area contributed by atoms with Crippen molar-refractivity contribution >= 4 is 11.6 Å². The average Bonchev–Trinajstić information content (AvgIpc) is 2.42. The summed E-state index contributed by atoms with van der Waals surface area (Å²) in [4.78, 5) is 0. The summed E-state index contributed by atoms with van der Waals surface area (Å²) in [5, 5.41) is 11.0. The van der Waals surface area contributed by atoms with Gasteiger partial charge in [0.05, 0.1) is 6.10 Å². The Morgan fingerprint density at radius 2 is 1.74 bits per heavy atom. The molecule has 0 aliphatic carbocycles. The second-order valence-corrected chi connectivity index (χ2v) is 4.77. The molecule has 2 atom stereocenters. The summed E-state index contributed by atoms with van der Waals surface area (Å²) >= 11 is 6.13. The zero-order valence-corrected chi connectivity index (χ0v) is 11.0. The van der Waals surface area contributed by atoms with E-state index in [9.17, 15) is 9.50 Å². The number of aliphatic hydroxyl groups is 1. The van der Waals surface area contributed by atoms with Crippen LogP contribution < -0.4 is 5.73 Å². The second-order valence-electron chi connectivity index (χ2n) is 4.36. The van der Waals surface area contributed by atoms with Crippen molar-refractivity contribution in [3.05, 3.63) is 70.5 Å². The van der Waals surface area contributed by atoms with Gasteiger partial charge in [-0.3, -0.25) is 0 Å². The molecule has 0 amide bonds. The van der Waals surface area contributed by atoms with Crippen LogP contribution in [0.25, 0.3) is 0 Å². The highest BCUT2D eigenvalue weighted by molar-refractivity contribution is 6.31. The molecule has 2 unspecified atom stereocenters. The van der Waals surface area contributed by atoms with Crippen molar-refractivity contribution in [1.82, 2.24) is 0 Å². The van der Waals surface area contributed by atoms with Crippen molar-refractivity contribution in [2.45, 2.75) is 12.0 Å². The fourth-order valence-corrected chi connectivity index (χ4v) is 2.37. The van der Waals surface area contributed by atoms with Crippen LogP contribution >= 0.6 is 11.6 Å². The fourth-order valence-electron chi connectivity index (χ4n) is 2.09. The number of aliphatic hydroxyl groups excluding tert-OH is 1. The summed E-state index contributed by atoms with van der Waals surface area (Å²) < 4.78 is 12.9. The van der Waals surface area contributed by atoms with Gasteiger partial charge < -0.3 is 10.8 Å². The average molecular weight is 280 g/mol. The van der Waals surface area contributed by atoms with Crippen molar-refractivity contribution in [2.75, 3.05) is 6.54 Å². The van der Waals surface area contributed by atoms with Crippen LogP contribution in [0.15, 0.2) is 48.5 Å². The van der Waals surface area contributed by atoms with Gasteiger partial charge in [-0.25, -0.2) is 4.39 Å². The predicted octanol–water partition coefficient (Wildman–Crippen LogP) is 3.26. The molecular weight excluding hydrogens is 265 g/mol. The van der Waals surface area contributed by atoms with Crippen LogP contribution in [0, 0.1) is 5.82 Å². The molecule has 2 aromatic carbocycles. The molecule has 4 heteroatoms. The van der Waals surface area contributed by atoms with Gasteiger partial charge in [-0.05, 0) is 29.3 Å². The van der Waals surface area contributed by atoms with Crippen LogP contribution in [-0.4, -0.2) is 11.7 Å². The number of rotatable bonds is 4. The van der Waals surface area contributed by atoms with Gasteiger partial charge in [0.25, 0.3) is 0 Å². The summed E-state index contributed by atoms with van der Waals surface area (Å²) in [7, 11) is 0. The Morgan fingerprint density at radius 1 is 1.11 bits per heavy atom. The Hall–Kier alpha value is -1.42. The lowest BCUT2D eigenvalue weighted by atomic mass is 9.89. The number of halogens is 2. The normalized spacial score (nSPS) is 14.1. The monoisotopic (exact) mass is 279 g/mol. The molecule has 0 saturated heterocycles. The zero-order chi connectivity index (χ0) is 13.8. The summed E-state index contributed by atoms with van der Waals surface area (Å²) in [6.45, 7) is 0.252. The van der Waals surface area contributed by atoms with E-state index < -0.39 is 6.10 Å². The van der Waals surface area contributed by atoms with E-state index in [4.69, 9.17) is 17.3 Å². The van der Waals surface area contributed by atoms with Gasteiger partial charge in [0.1, 0.15) is 5.82 Å². The van der Waals surface area contributed by atoms with E-state index in [1.54, 1.807) is 18.2 Å².